The lowest BCUT2D eigenvalue weighted by Gasteiger charge is -2.26. The summed E-state index contributed by atoms with van der Waals surface area (Å²) >= 11 is 1.52. The lowest BCUT2D eigenvalue weighted by atomic mass is 10.1. The van der Waals surface area contributed by atoms with E-state index in [2.05, 4.69) is 10.3 Å². The van der Waals surface area contributed by atoms with Gasteiger partial charge in [0.2, 0.25) is 5.91 Å². The molecule has 0 aliphatic carbocycles. The van der Waals surface area contributed by atoms with Gasteiger partial charge >= 0.3 is 0 Å². The molecule has 0 fully saturated rings. The van der Waals surface area contributed by atoms with Gasteiger partial charge in [0.15, 0.2) is 0 Å². The van der Waals surface area contributed by atoms with Crippen LogP contribution < -0.4 is 14.4 Å². The minimum absolute atomic E-state index is 0.0925. The summed E-state index contributed by atoms with van der Waals surface area (Å²) < 4.78 is 34.3. The van der Waals surface area contributed by atoms with Gasteiger partial charge in [0.1, 0.15) is 12.3 Å². The lowest BCUT2D eigenvalue weighted by molar-refractivity contribution is -0.114. The molecule has 4 rings (SSSR count). The predicted octanol–water partition coefficient (Wildman–Crippen LogP) is 5.63. The molecule has 196 valence electrons. The van der Waals surface area contributed by atoms with E-state index in [1.807, 2.05) is 49.6 Å². The number of para-hydroxylation sites is 2. The number of amides is 1. The summed E-state index contributed by atoms with van der Waals surface area (Å²) in [6, 6.07) is 24.8. The number of carbonyl (C=O) groups excluding carboxylic acids is 1. The van der Waals surface area contributed by atoms with Crippen LogP contribution in [0.5, 0.6) is 5.75 Å². The molecule has 1 heterocycles. The van der Waals surface area contributed by atoms with Crippen molar-refractivity contribution in [3.8, 4) is 5.75 Å². The van der Waals surface area contributed by atoms with Crippen LogP contribution in [0.15, 0.2) is 107 Å². The van der Waals surface area contributed by atoms with Crippen LogP contribution in [0.1, 0.15) is 18.1 Å². The molecule has 0 saturated carbocycles. The molecular formula is C29H29N3O4S2. The summed E-state index contributed by atoms with van der Waals surface area (Å²) in [6.45, 7) is 1.75. The van der Waals surface area contributed by atoms with E-state index in [1.54, 1.807) is 60.9 Å². The fraction of sp³-hybridized carbons (Fsp3) is 0.172. The molecule has 1 aromatic heterocycles. The molecule has 1 N–H and O–H groups in total. The minimum atomic E-state index is -4.07. The Bertz CT molecular complexity index is 1460. The first-order valence-corrected chi connectivity index (χ1v) is 14.7. The van der Waals surface area contributed by atoms with Gasteiger partial charge in [-0.15, -0.1) is 11.8 Å². The summed E-state index contributed by atoms with van der Waals surface area (Å²) in [4.78, 5) is 18.2. The van der Waals surface area contributed by atoms with Gasteiger partial charge in [0.25, 0.3) is 10.0 Å². The maximum Gasteiger partial charge on any atom is 0.264 e. The summed E-state index contributed by atoms with van der Waals surface area (Å²) in [5.74, 6) is -0.0879. The molecule has 0 aliphatic rings. The van der Waals surface area contributed by atoms with Crippen molar-refractivity contribution >= 4 is 39.1 Å². The standard InChI is InChI=1S/C29H29N3O4S2/c1-3-36-28-7-5-4-6-27(28)32(38(34,35)26-14-12-25(37-2)13-15-26)21-29(33)31-24-10-8-22(9-11-24)20-23-16-18-30-19-17-23/h4-19H,3,20-21H2,1-2H3,(H,31,33). The largest absolute Gasteiger partial charge is 0.492 e. The molecule has 7 nitrogen and oxygen atoms in total. The topological polar surface area (TPSA) is 88.6 Å². The van der Waals surface area contributed by atoms with E-state index >= 15 is 0 Å². The molecule has 1 amide bonds. The normalized spacial score (nSPS) is 11.1. The molecular weight excluding hydrogens is 518 g/mol. The Morgan fingerprint density at radius 1 is 0.921 bits per heavy atom. The monoisotopic (exact) mass is 547 g/mol. The van der Waals surface area contributed by atoms with E-state index in [-0.39, 0.29) is 4.90 Å². The van der Waals surface area contributed by atoms with E-state index in [0.717, 1.165) is 26.7 Å². The van der Waals surface area contributed by atoms with Crippen LogP contribution in [0.4, 0.5) is 11.4 Å². The quantitative estimate of drug-likeness (QED) is 0.245. The Morgan fingerprint density at radius 2 is 1.58 bits per heavy atom. The van der Waals surface area contributed by atoms with Gasteiger partial charge in [-0.1, -0.05) is 24.3 Å². The van der Waals surface area contributed by atoms with Crippen molar-refractivity contribution in [2.75, 3.05) is 29.0 Å². The van der Waals surface area contributed by atoms with Crippen molar-refractivity contribution in [3.05, 3.63) is 108 Å². The average Bonchev–Trinajstić information content (AvgIpc) is 2.94. The third-order valence-electron chi connectivity index (χ3n) is 5.76. The van der Waals surface area contributed by atoms with E-state index in [0.29, 0.717) is 23.7 Å². The number of aromatic nitrogens is 1. The Labute approximate surface area is 227 Å². The number of nitrogens with one attached hydrogen (secondary N) is 1. The second-order valence-electron chi connectivity index (χ2n) is 8.37. The number of pyridine rings is 1. The van der Waals surface area contributed by atoms with E-state index < -0.39 is 22.5 Å². The third-order valence-corrected chi connectivity index (χ3v) is 8.28. The highest BCUT2D eigenvalue weighted by atomic mass is 32.2. The van der Waals surface area contributed by atoms with Crippen LogP contribution in [0.25, 0.3) is 0 Å². The van der Waals surface area contributed by atoms with Crippen LogP contribution in [0, 0.1) is 0 Å². The molecule has 0 saturated heterocycles. The van der Waals surface area contributed by atoms with Crippen molar-refractivity contribution in [1.82, 2.24) is 4.98 Å². The Balaban J connectivity index is 1.57. The predicted molar refractivity (Wildman–Crippen MR) is 152 cm³/mol. The Morgan fingerprint density at radius 3 is 2.24 bits per heavy atom. The third kappa shape index (κ3) is 6.73. The smallest absolute Gasteiger partial charge is 0.264 e. The number of anilines is 2. The van der Waals surface area contributed by atoms with Gasteiger partial charge in [-0.25, -0.2) is 8.42 Å². The Kier molecular flexibility index (Phi) is 9.04. The summed E-state index contributed by atoms with van der Waals surface area (Å²) in [5, 5.41) is 2.83. The number of rotatable bonds is 11. The van der Waals surface area contributed by atoms with Crippen LogP contribution in [0.3, 0.4) is 0 Å². The van der Waals surface area contributed by atoms with Crippen molar-refractivity contribution in [3.63, 3.8) is 0 Å². The Hall–Kier alpha value is -3.82. The highest BCUT2D eigenvalue weighted by molar-refractivity contribution is 7.98. The molecule has 0 radical (unpaired) electrons. The maximum absolute atomic E-state index is 13.8. The number of carbonyl (C=O) groups is 1. The highest BCUT2D eigenvalue weighted by Gasteiger charge is 2.29. The van der Waals surface area contributed by atoms with Crippen LogP contribution in [-0.4, -0.2) is 38.7 Å². The number of thioether (sulfide) groups is 1. The summed E-state index contributed by atoms with van der Waals surface area (Å²) in [7, 11) is -4.07. The number of sulfonamides is 1. The van der Waals surface area contributed by atoms with Gasteiger partial charge in [0, 0.05) is 23.0 Å². The van der Waals surface area contributed by atoms with Crippen LogP contribution in [-0.2, 0) is 21.2 Å². The molecule has 0 aliphatic heterocycles. The van der Waals surface area contributed by atoms with E-state index in [4.69, 9.17) is 4.74 Å². The fourth-order valence-corrected chi connectivity index (χ4v) is 5.73. The number of ether oxygens (including phenoxy) is 1. The highest BCUT2D eigenvalue weighted by Crippen LogP contribution is 2.33. The molecule has 9 heteroatoms. The van der Waals surface area contributed by atoms with Gasteiger partial charge in [-0.05, 0) is 91.4 Å². The zero-order chi connectivity index (χ0) is 27.0. The van der Waals surface area contributed by atoms with Gasteiger partial charge < -0.3 is 10.1 Å². The van der Waals surface area contributed by atoms with Crippen molar-refractivity contribution in [1.29, 1.82) is 0 Å². The van der Waals surface area contributed by atoms with Crippen molar-refractivity contribution in [2.24, 2.45) is 0 Å². The first-order chi connectivity index (χ1) is 18.4. The molecule has 0 atom stereocenters. The van der Waals surface area contributed by atoms with Gasteiger partial charge in [0.05, 0.1) is 17.2 Å². The SMILES string of the molecule is CCOc1ccccc1N(CC(=O)Nc1ccc(Cc2ccncc2)cc1)S(=O)(=O)c1ccc(SC)cc1. The first-order valence-electron chi connectivity index (χ1n) is 12.1. The van der Waals surface area contributed by atoms with E-state index in [9.17, 15) is 13.2 Å². The number of nitrogens with zero attached hydrogens (tertiary/aromatic N) is 2. The first kappa shape index (κ1) is 27.2. The van der Waals surface area contributed by atoms with Crippen molar-refractivity contribution < 1.29 is 17.9 Å². The van der Waals surface area contributed by atoms with Crippen LogP contribution >= 0.6 is 11.8 Å². The maximum atomic E-state index is 13.8. The molecule has 3 aromatic carbocycles. The second-order valence-corrected chi connectivity index (χ2v) is 11.1. The average molecular weight is 548 g/mol. The number of hydrogen-bond donors (Lipinski definition) is 1. The second kappa shape index (κ2) is 12.6. The zero-order valence-corrected chi connectivity index (χ0v) is 22.8. The minimum Gasteiger partial charge on any atom is -0.492 e. The molecule has 0 spiro atoms. The summed E-state index contributed by atoms with van der Waals surface area (Å²) in [6.07, 6.45) is 6.17. The lowest BCUT2D eigenvalue weighted by Crippen LogP contribution is -2.38. The van der Waals surface area contributed by atoms with Gasteiger partial charge in [-0.2, -0.15) is 0 Å². The molecule has 38 heavy (non-hydrogen) atoms. The molecule has 0 unspecified atom stereocenters. The number of benzene rings is 3. The van der Waals surface area contributed by atoms with Gasteiger partial charge in [-0.3, -0.25) is 14.1 Å². The van der Waals surface area contributed by atoms with Crippen LogP contribution in [0.2, 0.25) is 0 Å². The van der Waals surface area contributed by atoms with E-state index in [1.165, 1.54) is 11.8 Å². The van der Waals surface area contributed by atoms with Crippen molar-refractivity contribution in [2.45, 2.75) is 23.1 Å². The fourth-order valence-electron chi connectivity index (χ4n) is 3.89. The molecule has 4 aromatic rings. The number of hydrogen-bond acceptors (Lipinski definition) is 6. The summed E-state index contributed by atoms with van der Waals surface area (Å²) in [5.41, 5.74) is 3.09. The zero-order valence-electron chi connectivity index (χ0n) is 21.2. The molecule has 0 bridgehead atoms.